The fourth-order valence-corrected chi connectivity index (χ4v) is 4.38. The fourth-order valence-electron chi connectivity index (χ4n) is 4.38. The van der Waals surface area contributed by atoms with Crippen molar-refractivity contribution in [2.45, 2.75) is 25.3 Å². The van der Waals surface area contributed by atoms with Crippen LogP contribution in [0.5, 0.6) is 0 Å². The van der Waals surface area contributed by atoms with E-state index < -0.39 is 0 Å². The molecular weight excluding hydrogens is 379 g/mol. The van der Waals surface area contributed by atoms with Gasteiger partial charge in [0, 0.05) is 30.8 Å². The highest BCUT2D eigenvalue weighted by Gasteiger charge is 2.34. The van der Waals surface area contributed by atoms with Gasteiger partial charge < -0.3 is 4.98 Å². The van der Waals surface area contributed by atoms with Gasteiger partial charge in [-0.25, -0.2) is 9.37 Å². The summed E-state index contributed by atoms with van der Waals surface area (Å²) in [5, 5.41) is 0. The number of hydrogen-bond donors (Lipinski definition) is 1. The van der Waals surface area contributed by atoms with Crippen LogP contribution in [0.2, 0.25) is 0 Å². The third kappa shape index (κ3) is 3.23. The van der Waals surface area contributed by atoms with Crippen LogP contribution in [0.15, 0.2) is 71.8 Å². The number of H-pyrrole nitrogens is 1. The Morgan fingerprint density at radius 1 is 1.13 bits per heavy atom. The van der Waals surface area contributed by atoms with Crippen molar-refractivity contribution in [1.82, 2.24) is 19.3 Å². The van der Waals surface area contributed by atoms with Crippen LogP contribution in [0, 0.1) is 5.82 Å². The van der Waals surface area contributed by atoms with Gasteiger partial charge in [0.05, 0.1) is 17.9 Å². The average Bonchev–Trinajstić information content (AvgIpc) is 3.16. The molecule has 1 N–H and O–H groups in total. The molecule has 152 valence electrons. The second-order valence-electron chi connectivity index (χ2n) is 7.87. The molecule has 4 aromatic rings. The van der Waals surface area contributed by atoms with E-state index in [1.54, 1.807) is 6.20 Å². The first-order valence-corrected chi connectivity index (χ1v) is 10.3. The number of likely N-dealkylation sites (tertiary alicyclic amines) is 1. The van der Waals surface area contributed by atoms with Gasteiger partial charge in [-0.3, -0.25) is 14.1 Å². The lowest BCUT2D eigenvalue weighted by Gasteiger charge is -2.44. The molecule has 2 aromatic heterocycles. The van der Waals surface area contributed by atoms with Crippen molar-refractivity contribution in [3.8, 4) is 11.4 Å². The minimum atomic E-state index is -0.207. The number of halogens is 1. The predicted octanol–water partition coefficient (Wildman–Crippen LogP) is 4.38. The molecule has 0 amide bonds. The Hall–Kier alpha value is -3.25. The van der Waals surface area contributed by atoms with Gasteiger partial charge in [0.1, 0.15) is 17.2 Å². The number of aromatic nitrogens is 3. The van der Waals surface area contributed by atoms with E-state index in [1.165, 1.54) is 12.1 Å². The molecule has 1 fully saturated rings. The van der Waals surface area contributed by atoms with Crippen LogP contribution in [-0.2, 0) is 0 Å². The Balaban J connectivity index is 1.45. The number of hydrogen-bond acceptors (Lipinski definition) is 3. The summed E-state index contributed by atoms with van der Waals surface area (Å²) in [5.74, 6) is 0.950. The summed E-state index contributed by atoms with van der Waals surface area (Å²) in [6, 6.07) is 16.8. The molecule has 5 rings (SSSR count). The Morgan fingerprint density at radius 2 is 1.87 bits per heavy atom. The van der Waals surface area contributed by atoms with Crippen molar-refractivity contribution in [2.24, 2.45) is 0 Å². The second kappa shape index (κ2) is 7.54. The zero-order valence-electron chi connectivity index (χ0n) is 16.8. The molecule has 0 radical (unpaired) electrons. The molecule has 30 heavy (non-hydrogen) atoms. The highest BCUT2D eigenvalue weighted by atomic mass is 19.1. The van der Waals surface area contributed by atoms with Crippen LogP contribution >= 0.6 is 0 Å². The van der Waals surface area contributed by atoms with Crippen LogP contribution in [0.4, 0.5) is 4.39 Å². The summed E-state index contributed by atoms with van der Waals surface area (Å²) < 4.78 is 15.1. The van der Waals surface area contributed by atoms with Gasteiger partial charge >= 0.3 is 0 Å². The standard InChI is InChI=1S/C24H23FN4O/c1-2-21(28-13-18(14-28)16-8-10-19(25)11-9-16)20-15-29-22(24(30)27-20)12-26-23(29)17-6-4-3-5-7-17/h3-12,15,18,21H,2,13-14H2,1H3,(H,27,30). The molecule has 0 spiro atoms. The van der Waals surface area contributed by atoms with Crippen molar-refractivity contribution < 1.29 is 4.39 Å². The predicted molar refractivity (Wildman–Crippen MR) is 115 cm³/mol. The zero-order valence-corrected chi connectivity index (χ0v) is 16.8. The summed E-state index contributed by atoms with van der Waals surface area (Å²) in [4.78, 5) is 22.7. The van der Waals surface area contributed by atoms with Crippen molar-refractivity contribution in [3.05, 3.63) is 94.4 Å². The average molecular weight is 402 g/mol. The lowest BCUT2D eigenvalue weighted by molar-refractivity contribution is 0.0857. The molecule has 5 nitrogen and oxygen atoms in total. The summed E-state index contributed by atoms with van der Waals surface area (Å²) in [6.45, 7) is 3.91. The molecule has 6 heteroatoms. The number of nitrogens with one attached hydrogen (secondary N) is 1. The minimum Gasteiger partial charge on any atom is -0.321 e. The Labute approximate surface area is 173 Å². The molecule has 0 saturated carbocycles. The van der Waals surface area contributed by atoms with Gasteiger partial charge in [-0.15, -0.1) is 0 Å². The Bertz CT molecular complexity index is 1220. The molecule has 1 atom stereocenters. The van der Waals surface area contributed by atoms with Crippen molar-refractivity contribution in [2.75, 3.05) is 13.1 Å². The number of benzene rings is 2. The molecule has 1 aliphatic heterocycles. The topological polar surface area (TPSA) is 53.4 Å². The van der Waals surface area contributed by atoms with Gasteiger partial charge in [0.15, 0.2) is 0 Å². The maximum Gasteiger partial charge on any atom is 0.274 e. The number of nitrogens with zero attached hydrogens (tertiary/aromatic N) is 3. The van der Waals surface area contributed by atoms with Crippen LogP contribution in [-0.4, -0.2) is 32.4 Å². The molecule has 1 aliphatic rings. The second-order valence-corrected chi connectivity index (χ2v) is 7.87. The largest absolute Gasteiger partial charge is 0.321 e. The van der Waals surface area contributed by atoms with E-state index in [0.29, 0.717) is 11.4 Å². The number of imidazole rings is 1. The highest BCUT2D eigenvalue weighted by Crippen LogP contribution is 2.35. The van der Waals surface area contributed by atoms with E-state index in [9.17, 15) is 9.18 Å². The molecular formula is C24H23FN4O. The van der Waals surface area contributed by atoms with E-state index in [4.69, 9.17) is 0 Å². The van der Waals surface area contributed by atoms with E-state index in [-0.39, 0.29) is 17.4 Å². The quantitative estimate of drug-likeness (QED) is 0.539. The smallest absolute Gasteiger partial charge is 0.274 e. The maximum atomic E-state index is 13.2. The van der Waals surface area contributed by atoms with Gasteiger partial charge in [0.25, 0.3) is 5.56 Å². The van der Waals surface area contributed by atoms with E-state index in [0.717, 1.165) is 42.2 Å². The minimum absolute atomic E-state index is 0.116. The van der Waals surface area contributed by atoms with Gasteiger partial charge in [-0.1, -0.05) is 49.4 Å². The number of fused-ring (bicyclic) bond motifs is 1. The highest BCUT2D eigenvalue weighted by molar-refractivity contribution is 5.61. The van der Waals surface area contributed by atoms with Gasteiger partial charge in [0.2, 0.25) is 0 Å². The maximum absolute atomic E-state index is 13.2. The Morgan fingerprint density at radius 3 is 2.57 bits per heavy atom. The number of rotatable bonds is 5. The van der Waals surface area contributed by atoms with Crippen molar-refractivity contribution in [1.29, 1.82) is 0 Å². The van der Waals surface area contributed by atoms with Gasteiger partial charge in [-0.05, 0) is 24.1 Å². The molecule has 1 saturated heterocycles. The lowest BCUT2D eigenvalue weighted by atomic mass is 9.89. The molecule has 0 aliphatic carbocycles. The van der Waals surface area contributed by atoms with E-state index >= 15 is 0 Å². The SMILES string of the molecule is CCC(c1cn2c(-c3ccccc3)ncc2c(=O)[nH]1)N1CC(c2ccc(F)cc2)C1. The third-order valence-electron chi connectivity index (χ3n) is 6.03. The first-order valence-electron chi connectivity index (χ1n) is 10.3. The Kier molecular flexibility index (Phi) is 4.71. The van der Waals surface area contributed by atoms with Crippen molar-refractivity contribution >= 4 is 5.52 Å². The summed E-state index contributed by atoms with van der Waals surface area (Å²) in [6.07, 6.45) is 4.51. The van der Waals surface area contributed by atoms with Crippen LogP contribution in [0.1, 0.15) is 36.6 Å². The van der Waals surface area contributed by atoms with E-state index in [2.05, 4.69) is 21.8 Å². The lowest BCUT2D eigenvalue weighted by Crippen LogP contribution is -2.47. The van der Waals surface area contributed by atoms with Gasteiger partial charge in [-0.2, -0.15) is 0 Å². The van der Waals surface area contributed by atoms with E-state index in [1.807, 2.05) is 53.1 Å². The normalized spacial score (nSPS) is 15.9. The van der Waals surface area contributed by atoms with Crippen LogP contribution < -0.4 is 5.56 Å². The molecule has 1 unspecified atom stereocenters. The molecule has 3 heterocycles. The summed E-state index contributed by atoms with van der Waals surface area (Å²) in [7, 11) is 0. The number of aromatic amines is 1. The van der Waals surface area contributed by atoms with Crippen LogP contribution in [0.25, 0.3) is 16.9 Å². The first kappa shape index (κ1) is 18.8. The summed E-state index contributed by atoms with van der Waals surface area (Å²) >= 11 is 0. The third-order valence-corrected chi connectivity index (χ3v) is 6.03. The summed E-state index contributed by atoms with van der Waals surface area (Å²) in [5.41, 5.74) is 3.44. The van der Waals surface area contributed by atoms with Crippen molar-refractivity contribution in [3.63, 3.8) is 0 Å². The monoisotopic (exact) mass is 402 g/mol. The fraction of sp³-hybridized carbons (Fsp3) is 0.250. The molecule has 0 bridgehead atoms. The van der Waals surface area contributed by atoms with Crippen LogP contribution in [0.3, 0.4) is 0 Å². The zero-order chi connectivity index (χ0) is 20.7. The molecule has 2 aromatic carbocycles. The first-order chi connectivity index (χ1) is 14.6.